The van der Waals surface area contributed by atoms with Gasteiger partial charge in [-0.1, -0.05) is 13.8 Å². The lowest BCUT2D eigenvalue weighted by Gasteiger charge is -2.14. The Morgan fingerprint density at radius 3 is 2.40 bits per heavy atom. The van der Waals surface area contributed by atoms with E-state index in [0.29, 0.717) is 11.3 Å². The fourth-order valence-electron chi connectivity index (χ4n) is 1.43. The molecule has 1 aliphatic rings. The first kappa shape index (κ1) is 11.6. The summed E-state index contributed by atoms with van der Waals surface area (Å²) in [5, 5.41) is 0. The first-order chi connectivity index (χ1) is 6.91. The van der Waals surface area contributed by atoms with E-state index in [4.69, 9.17) is 0 Å². The molecule has 0 aliphatic heterocycles. The predicted molar refractivity (Wildman–Crippen MR) is 59.8 cm³/mol. The molecule has 1 rings (SSSR count). The zero-order valence-electron chi connectivity index (χ0n) is 9.50. The van der Waals surface area contributed by atoms with Gasteiger partial charge in [-0.3, -0.25) is 9.59 Å². The molecule has 1 aliphatic carbocycles. The van der Waals surface area contributed by atoms with E-state index in [0.717, 1.165) is 5.57 Å². The van der Waals surface area contributed by atoms with Crippen molar-refractivity contribution >= 4 is 17.4 Å². The number of amides is 1. The molecule has 0 atom stereocenters. The monoisotopic (exact) mass is 205 g/mol. The Morgan fingerprint density at radius 1 is 1.33 bits per heavy atom. The Balaban J connectivity index is 3.15. The summed E-state index contributed by atoms with van der Waals surface area (Å²) in [5.74, 6) is -0.0736. The third-order valence-corrected chi connectivity index (χ3v) is 2.23. The SMILES string of the molecule is CC(=O)N=C1C=C(C(C)C)C(=O)C=C1C. The molecule has 0 N–H and O–H groups in total. The summed E-state index contributed by atoms with van der Waals surface area (Å²) < 4.78 is 0. The molecular formula is C12H15NO2. The zero-order chi connectivity index (χ0) is 11.6. The fraction of sp³-hybridized carbons (Fsp3) is 0.417. The molecule has 3 nitrogen and oxygen atoms in total. The van der Waals surface area contributed by atoms with Crippen molar-refractivity contribution in [2.75, 3.05) is 0 Å². The van der Waals surface area contributed by atoms with Crippen LogP contribution in [0.15, 0.2) is 28.3 Å². The summed E-state index contributed by atoms with van der Waals surface area (Å²) in [6.45, 7) is 7.08. The van der Waals surface area contributed by atoms with Gasteiger partial charge in [0.2, 0.25) is 5.91 Å². The Kier molecular flexibility index (Phi) is 3.35. The van der Waals surface area contributed by atoms with Gasteiger partial charge in [-0.05, 0) is 30.6 Å². The van der Waals surface area contributed by atoms with Crippen molar-refractivity contribution in [1.82, 2.24) is 0 Å². The Hall–Kier alpha value is -1.51. The highest BCUT2D eigenvalue weighted by molar-refractivity contribution is 6.23. The maximum atomic E-state index is 11.6. The molecule has 0 spiro atoms. The van der Waals surface area contributed by atoms with Crippen LogP contribution in [0.2, 0.25) is 0 Å². The average Bonchev–Trinajstić information content (AvgIpc) is 2.08. The molecule has 0 aromatic carbocycles. The summed E-state index contributed by atoms with van der Waals surface area (Å²) in [6.07, 6.45) is 3.25. The number of carbonyl (C=O) groups excluding carboxylic acids is 2. The second-order valence-electron chi connectivity index (χ2n) is 3.96. The summed E-state index contributed by atoms with van der Waals surface area (Å²) in [4.78, 5) is 26.3. The second-order valence-corrected chi connectivity index (χ2v) is 3.96. The minimum Gasteiger partial charge on any atom is -0.290 e. The maximum Gasteiger partial charge on any atom is 0.243 e. The van der Waals surface area contributed by atoms with Crippen LogP contribution in [0.4, 0.5) is 0 Å². The van der Waals surface area contributed by atoms with Gasteiger partial charge in [-0.25, -0.2) is 4.99 Å². The topological polar surface area (TPSA) is 46.5 Å². The molecule has 0 saturated carbocycles. The van der Waals surface area contributed by atoms with Crippen molar-refractivity contribution in [2.24, 2.45) is 10.9 Å². The highest BCUT2D eigenvalue weighted by Crippen LogP contribution is 2.19. The molecule has 0 radical (unpaired) electrons. The van der Waals surface area contributed by atoms with Gasteiger partial charge in [0, 0.05) is 12.5 Å². The zero-order valence-corrected chi connectivity index (χ0v) is 9.50. The minimum absolute atomic E-state index is 0.0185. The fourth-order valence-corrected chi connectivity index (χ4v) is 1.43. The van der Waals surface area contributed by atoms with E-state index in [1.165, 1.54) is 13.0 Å². The Labute approximate surface area is 89.6 Å². The summed E-state index contributed by atoms with van der Waals surface area (Å²) in [6, 6.07) is 0. The number of hydrogen-bond donors (Lipinski definition) is 0. The molecule has 15 heavy (non-hydrogen) atoms. The summed E-state index contributed by atoms with van der Waals surface area (Å²) >= 11 is 0. The van der Waals surface area contributed by atoms with Crippen LogP contribution in [-0.2, 0) is 9.59 Å². The summed E-state index contributed by atoms with van der Waals surface area (Å²) in [7, 11) is 0. The smallest absolute Gasteiger partial charge is 0.243 e. The third kappa shape index (κ3) is 2.72. The van der Waals surface area contributed by atoms with Crippen LogP contribution in [0, 0.1) is 5.92 Å². The van der Waals surface area contributed by atoms with Crippen LogP contribution < -0.4 is 0 Å². The van der Waals surface area contributed by atoms with Gasteiger partial charge in [0.1, 0.15) is 0 Å². The van der Waals surface area contributed by atoms with Gasteiger partial charge >= 0.3 is 0 Å². The quantitative estimate of drug-likeness (QED) is 0.615. The van der Waals surface area contributed by atoms with E-state index >= 15 is 0 Å². The van der Waals surface area contributed by atoms with Crippen molar-refractivity contribution in [3.8, 4) is 0 Å². The molecular weight excluding hydrogens is 190 g/mol. The number of hydrogen-bond acceptors (Lipinski definition) is 2. The highest BCUT2D eigenvalue weighted by Gasteiger charge is 2.18. The van der Waals surface area contributed by atoms with Crippen LogP contribution in [0.1, 0.15) is 27.7 Å². The molecule has 0 fully saturated rings. The van der Waals surface area contributed by atoms with E-state index in [9.17, 15) is 9.59 Å². The standard InChI is InChI=1S/C12H15NO2/c1-7(2)10-6-11(13-9(4)14)8(3)5-12(10)15/h5-7H,1-4H3. The predicted octanol–water partition coefficient (Wildman–Crippen LogP) is 2.09. The van der Waals surface area contributed by atoms with Gasteiger partial charge in [-0.15, -0.1) is 0 Å². The molecule has 0 aromatic heterocycles. The lowest BCUT2D eigenvalue weighted by Crippen LogP contribution is -2.16. The van der Waals surface area contributed by atoms with E-state index < -0.39 is 0 Å². The van der Waals surface area contributed by atoms with Crippen LogP contribution in [-0.4, -0.2) is 17.4 Å². The number of nitrogens with zero attached hydrogens (tertiary/aromatic N) is 1. The molecule has 80 valence electrons. The van der Waals surface area contributed by atoms with Crippen molar-refractivity contribution < 1.29 is 9.59 Å². The maximum absolute atomic E-state index is 11.6. The van der Waals surface area contributed by atoms with Crippen LogP contribution in [0.25, 0.3) is 0 Å². The van der Waals surface area contributed by atoms with Crippen LogP contribution >= 0.6 is 0 Å². The van der Waals surface area contributed by atoms with E-state index in [-0.39, 0.29) is 17.6 Å². The molecule has 0 saturated heterocycles. The molecule has 0 aromatic rings. The van der Waals surface area contributed by atoms with Crippen LogP contribution in [0.3, 0.4) is 0 Å². The van der Waals surface area contributed by atoms with Crippen molar-refractivity contribution in [3.63, 3.8) is 0 Å². The number of aliphatic imine (C=N–C) groups is 1. The number of rotatable bonds is 1. The molecule has 3 heteroatoms. The van der Waals surface area contributed by atoms with Gasteiger partial charge in [0.25, 0.3) is 0 Å². The first-order valence-electron chi connectivity index (χ1n) is 4.95. The average molecular weight is 205 g/mol. The third-order valence-electron chi connectivity index (χ3n) is 2.23. The first-order valence-corrected chi connectivity index (χ1v) is 4.95. The van der Waals surface area contributed by atoms with Gasteiger partial charge in [-0.2, -0.15) is 0 Å². The molecule has 0 bridgehead atoms. The lowest BCUT2D eigenvalue weighted by atomic mass is 9.90. The largest absolute Gasteiger partial charge is 0.290 e. The molecule has 0 heterocycles. The van der Waals surface area contributed by atoms with Crippen molar-refractivity contribution in [3.05, 3.63) is 23.3 Å². The van der Waals surface area contributed by atoms with Gasteiger partial charge in [0.15, 0.2) is 5.78 Å². The number of carbonyl (C=O) groups is 2. The normalized spacial score (nSPS) is 19.3. The lowest BCUT2D eigenvalue weighted by molar-refractivity contribution is -0.116. The van der Waals surface area contributed by atoms with Crippen molar-refractivity contribution in [1.29, 1.82) is 0 Å². The van der Waals surface area contributed by atoms with Gasteiger partial charge in [0.05, 0.1) is 5.71 Å². The highest BCUT2D eigenvalue weighted by atomic mass is 16.1. The number of allylic oxidation sites excluding steroid dienone is 4. The second kappa shape index (κ2) is 4.34. The van der Waals surface area contributed by atoms with E-state index in [1.54, 1.807) is 13.0 Å². The Bertz CT molecular complexity index is 398. The van der Waals surface area contributed by atoms with Crippen LogP contribution in [0.5, 0.6) is 0 Å². The summed E-state index contributed by atoms with van der Waals surface area (Å²) in [5.41, 5.74) is 2.06. The molecule has 1 amide bonds. The van der Waals surface area contributed by atoms with E-state index in [1.807, 2.05) is 13.8 Å². The molecule has 0 unspecified atom stereocenters. The van der Waals surface area contributed by atoms with E-state index in [2.05, 4.69) is 4.99 Å². The Morgan fingerprint density at radius 2 is 1.93 bits per heavy atom. The number of ketones is 1. The minimum atomic E-state index is -0.244. The van der Waals surface area contributed by atoms with Crippen molar-refractivity contribution in [2.45, 2.75) is 27.7 Å². The van der Waals surface area contributed by atoms with Gasteiger partial charge < -0.3 is 0 Å².